The number of hydrogen-bond donors (Lipinski definition) is 1. The Morgan fingerprint density at radius 3 is 1.15 bits per heavy atom. The summed E-state index contributed by atoms with van der Waals surface area (Å²) >= 11 is 12.4. The molecule has 0 unspecified atom stereocenters. The third kappa shape index (κ3) is 14.6. The van der Waals surface area contributed by atoms with Gasteiger partial charge in [-0.2, -0.15) is 0 Å². The molecule has 0 spiro atoms. The molecule has 1 N–H and O–H groups in total. The second-order valence-electron chi connectivity index (χ2n) is 44.8. The van der Waals surface area contributed by atoms with Crippen LogP contribution in [-0.2, 0) is 63.4 Å². The second kappa shape index (κ2) is 29.5. The maximum Gasteiger partial charge on any atom is 0.312 e. The summed E-state index contributed by atoms with van der Waals surface area (Å²) in [4.78, 5) is 107. The third-order valence-electron chi connectivity index (χ3n) is 34.9. The number of allylic oxidation sites excluding steroid dienone is 8. The van der Waals surface area contributed by atoms with Gasteiger partial charge in [0.15, 0.2) is 23.1 Å². The number of carboxylic acid groups (broad SMARTS) is 1. The lowest BCUT2D eigenvalue weighted by Crippen LogP contribution is -2.65. The number of fused-ring (bicyclic) bond motifs is 14. The number of esters is 3. The van der Waals surface area contributed by atoms with Gasteiger partial charge in [0, 0.05) is 68.2 Å². The number of carboxylic acids is 1. The molecule has 16 atom stereocenters. The summed E-state index contributed by atoms with van der Waals surface area (Å²) in [7, 11) is 0. The maximum absolute atomic E-state index is 14.2. The predicted octanol–water partition coefficient (Wildman–Crippen LogP) is 23.8. The van der Waals surface area contributed by atoms with Crippen molar-refractivity contribution in [3.8, 4) is 0 Å². The van der Waals surface area contributed by atoms with Gasteiger partial charge < -0.3 is 19.3 Å². The van der Waals surface area contributed by atoms with Crippen molar-refractivity contribution in [2.24, 2.45) is 112 Å². The van der Waals surface area contributed by atoms with E-state index in [2.05, 4.69) is 133 Å². The van der Waals surface area contributed by atoms with Crippen molar-refractivity contribution in [1.29, 1.82) is 0 Å². The molecule has 12 nitrogen and oxygen atoms in total. The zero-order valence-electron chi connectivity index (χ0n) is 73.3. The average molecular weight is 1600 g/mol. The number of hydrogen-bond acceptors (Lipinski definition) is 11. The molecule has 0 heterocycles. The number of rotatable bonds is 20. The van der Waals surface area contributed by atoms with Crippen LogP contribution in [0, 0.1) is 112 Å². The number of carbonyl (C=O) groups excluding carboxylic acids is 7. The molecule has 2 aromatic carbocycles. The number of ether oxygens (including phenoxy) is 3. The summed E-state index contributed by atoms with van der Waals surface area (Å²) in [5, 5.41) is 11.0. The van der Waals surface area contributed by atoms with E-state index in [0.29, 0.717) is 65.3 Å². The average Bonchev–Trinajstić information content (AvgIpc) is 1.43. The first-order chi connectivity index (χ1) is 52.8. The van der Waals surface area contributed by atoms with E-state index in [1.165, 1.54) is 22.3 Å². The molecule has 114 heavy (non-hydrogen) atoms. The van der Waals surface area contributed by atoms with Gasteiger partial charge in [-0.05, 0) is 327 Å². The second-order valence-corrected chi connectivity index (χ2v) is 45.7. The van der Waals surface area contributed by atoms with Gasteiger partial charge in [0.2, 0.25) is 0 Å². The van der Waals surface area contributed by atoms with Gasteiger partial charge in [-0.1, -0.05) is 157 Å². The molecule has 0 aliphatic heterocycles. The van der Waals surface area contributed by atoms with Gasteiger partial charge >= 0.3 is 23.9 Å². The maximum atomic E-state index is 14.2. The highest BCUT2D eigenvalue weighted by Gasteiger charge is 2.73. The van der Waals surface area contributed by atoms with Crippen LogP contribution in [0.4, 0.5) is 0 Å². The molecule has 0 radical (unpaired) electrons. The van der Waals surface area contributed by atoms with Crippen LogP contribution in [0.25, 0.3) is 0 Å². The third-order valence-corrected chi connectivity index (χ3v) is 35.4. The molecule has 0 bridgehead atoms. The van der Waals surface area contributed by atoms with Crippen LogP contribution in [0.15, 0.2) is 95.1 Å². The lowest BCUT2D eigenvalue weighted by atomic mass is 9.33. The quantitative estimate of drug-likeness (QED) is 0.0753. The number of carbonyl (C=O) groups is 8. The van der Waals surface area contributed by atoms with E-state index in [1.54, 1.807) is 27.7 Å². The van der Waals surface area contributed by atoms with Crippen molar-refractivity contribution in [2.75, 3.05) is 0 Å². The highest BCUT2D eigenvalue weighted by molar-refractivity contribution is 6.30. The Kier molecular flexibility index (Phi) is 22.3. The van der Waals surface area contributed by atoms with Crippen molar-refractivity contribution in [2.45, 2.75) is 341 Å². The summed E-state index contributed by atoms with van der Waals surface area (Å²) in [6, 6.07) is 16.0. The van der Waals surface area contributed by atoms with Crippen LogP contribution >= 0.6 is 23.2 Å². The Labute approximate surface area is 693 Å². The van der Waals surface area contributed by atoms with E-state index in [4.69, 9.17) is 37.4 Å². The number of aliphatic carboxylic acids is 1. The van der Waals surface area contributed by atoms with Gasteiger partial charge in [-0.3, -0.25) is 38.4 Å². The molecule has 12 aliphatic rings. The summed E-state index contributed by atoms with van der Waals surface area (Å²) in [5.74, 6) is 1.35. The van der Waals surface area contributed by atoms with Crippen molar-refractivity contribution >= 4 is 70.2 Å². The number of halogens is 2. The summed E-state index contributed by atoms with van der Waals surface area (Å²) in [6.07, 6.45) is 29.5. The molecule has 14 heteroatoms. The van der Waals surface area contributed by atoms with Crippen LogP contribution in [-0.4, -0.2) is 69.9 Å². The molecular formula is C100H138Cl2O12. The van der Waals surface area contributed by atoms with E-state index >= 15 is 0 Å². The predicted molar refractivity (Wildman–Crippen MR) is 451 cm³/mol. The lowest BCUT2D eigenvalue weighted by molar-refractivity contribution is -0.232. The normalized spacial score (nSPS) is 36.8. The van der Waals surface area contributed by atoms with Gasteiger partial charge in [-0.15, -0.1) is 0 Å². The molecular weight excluding hydrogens is 1460 g/mol. The fourth-order valence-electron chi connectivity index (χ4n) is 28.1. The van der Waals surface area contributed by atoms with E-state index in [1.807, 2.05) is 57.2 Å². The molecule has 0 aromatic heterocycles. The van der Waals surface area contributed by atoms with Crippen LogP contribution in [0.3, 0.4) is 0 Å². The Hall–Kier alpha value is -5.46. The number of ketones is 4. The molecule has 2 aromatic rings. The van der Waals surface area contributed by atoms with Crippen molar-refractivity contribution in [1.82, 2.24) is 0 Å². The lowest BCUT2D eigenvalue weighted by Gasteiger charge is -2.72. The highest BCUT2D eigenvalue weighted by Crippen LogP contribution is 2.80. The summed E-state index contributed by atoms with van der Waals surface area (Å²) in [6.45, 7) is 45.5. The molecule has 14 rings (SSSR count). The van der Waals surface area contributed by atoms with E-state index in [9.17, 15) is 43.5 Å². The van der Waals surface area contributed by atoms with Gasteiger partial charge in [0.25, 0.3) is 0 Å². The highest BCUT2D eigenvalue weighted by atomic mass is 35.5. The zero-order chi connectivity index (χ0) is 83.5. The van der Waals surface area contributed by atoms with Gasteiger partial charge in [0.1, 0.15) is 17.8 Å². The molecule has 0 saturated heterocycles. The fourth-order valence-corrected chi connectivity index (χ4v) is 28.4. The SMILES string of the molecule is CC(C)C1=C2[C@H]3CC[C@@H]4[C@@]5(C)CC[C@H](OC(=O)CC(C)(C)C(=O)O)C(C)(C)[C@@H]5CC[C@@]4(C)[C@]3(C)CC[C@@]2(/C=C/C(=O)CC2(c3ccc(Cl)cc3)CC2)CC1=O.CC(C)C1=C2[C@H]3CC[C@@H]4[C@@]5(C)CC[C@H](OC(=O)CC(C)(C)C(=O)OC(C)(C)C)C(C)(C)[C@@H]5CC[C@@]4(C)[C@]3(C)CC[C@@]2(/C=C/C(=O)CC2(c3ccc(Cl)cc3)CC2)CC1=O. The summed E-state index contributed by atoms with van der Waals surface area (Å²) < 4.78 is 18.2. The van der Waals surface area contributed by atoms with E-state index in [-0.39, 0.29) is 137 Å². The fraction of sp³-hybridized carbons (Fsp3) is 0.720. The van der Waals surface area contributed by atoms with Crippen molar-refractivity contribution in [3.05, 3.63) is 116 Å². The van der Waals surface area contributed by atoms with Crippen molar-refractivity contribution in [3.63, 3.8) is 0 Å². The minimum absolute atomic E-state index is 0.00780. The standard InChI is InChI=1S/C52H73ClO6.C48H65ClO6/c1-32(2)42-37(55)30-52(24-19-35(54)29-51(27-28-51)33-13-15-34(53)16-14-33)26-25-49(11)36(43(42)52)17-18-39-48(10)22-21-40(47(8,9)38(48)20-23-50(39,49)12)58-41(56)31-46(6,7)44(57)59-45(3,4)5;1-29(2)39-34(51)27-48(21-16-32(50)26-47(24-25-47)30-10-12-31(49)13-11-30)23-22-45(8)33(40(39)48)14-15-36-44(7)19-18-37(55-38(52)28-42(3,4)41(53)54)43(5,6)35(44)17-20-46(36,45)9/h13-16,19,24,32,36,38-40H,17-18,20-23,25-31H2,1-12H3;10-13,16,21,29,33,35-37H,14-15,17-20,22-28H2,1-9H3,(H,53,54)/b24-19+;21-16+/t36-,38+,39-,40+,48+,49-,50-,52+;33-,35+,36-,37+,44+,45-,46-,48+/m11/s1. The number of Topliss-reactive ketones (excluding diaryl/α,β-unsaturated/α-hetero) is 2. The Bertz CT molecular complexity index is 4310. The van der Waals surface area contributed by atoms with E-state index < -0.39 is 33.8 Å². The van der Waals surface area contributed by atoms with E-state index in [0.717, 1.165) is 140 Å². The molecule has 12 aliphatic carbocycles. The topological polar surface area (TPSA) is 184 Å². The minimum Gasteiger partial charge on any atom is -0.481 e. The Morgan fingerprint density at radius 1 is 0.456 bits per heavy atom. The minimum atomic E-state index is -1.17. The molecule has 0 amide bonds. The first-order valence-electron chi connectivity index (χ1n) is 44.2. The number of benzene rings is 2. The van der Waals surface area contributed by atoms with Gasteiger partial charge in [-0.25, -0.2) is 0 Å². The van der Waals surface area contributed by atoms with Crippen LogP contribution < -0.4 is 0 Å². The van der Waals surface area contributed by atoms with Crippen LogP contribution in [0.2, 0.25) is 10.0 Å². The molecule has 624 valence electrons. The molecule has 10 fully saturated rings. The monoisotopic (exact) mass is 1600 g/mol. The first kappa shape index (κ1) is 86.4. The smallest absolute Gasteiger partial charge is 0.312 e. The Morgan fingerprint density at radius 2 is 0.816 bits per heavy atom. The Balaban J connectivity index is 0.000000199. The van der Waals surface area contributed by atoms with Gasteiger partial charge in [0.05, 0.1) is 23.7 Å². The van der Waals surface area contributed by atoms with Crippen LogP contribution in [0.5, 0.6) is 0 Å². The first-order valence-corrected chi connectivity index (χ1v) is 44.9. The summed E-state index contributed by atoms with van der Waals surface area (Å²) in [5.41, 5.74) is 3.26. The van der Waals surface area contributed by atoms with Crippen molar-refractivity contribution < 1.29 is 57.7 Å². The zero-order valence-corrected chi connectivity index (χ0v) is 74.8. The molecule has 10 saturated carbocycles. The largest absolute Gasteiger partial charge is 0.481 e. The van der Waals surface area contributed by atoms with Crippen LogP contribution in [0.1, 0.15) is 323 Å².